The molecule has 25 heavy (non-hydrogen) atoms. The molecule has 2 N–H and O–H groups in total. The first-order chi connectivity index (χ1) is 11.7. The number of halogens is 1. The Morgan fingerprint density at radius 2 is 2.32 bits per heavy atom. The van der Waals surface area contributed by atoms with E-state index in [1.807, 2.05) is 0 Å². The van der Waals surface area contributed by atoms with E-state index in [-0.39, 0.29) is 24.4 Å². The van der Waals surface area contributed by atoms with Crippen LogP contribution in [0.1, 0.15) is 17.3 Å². The molecule has 0 spiro atoms. The molecule has 0 bridgehead atoms. The average Bonchev–Trinajstić information content (AvgIpc) is 3.29. The number of nitrogens with one attached hydrogen (secondary N) is 2. The lowest BCUT2D eigenvalue weighted by atomic mass is 9.87. The zero-order chi connectivity index (χ0) is 16.8. The van der Waals surface area contributed by atoms with Gasteiger partial charge in [0.2, 0.25) is 5.91 Å². The van der Waals surface area contributed by atoms with Crippen molar-refractivity contribution in [3.05, 3.63) is 22.4 Å². The van der Waals surface area contributed by atoms with Crippen molar-refractivity contribution in [2.24, 2.45) is 5.41 Å². The highest BCUT2D eigenvalue weighted by Gasteiger charge is 2.41. The van der Waals surface area contributed by atoms with Gasteiger partial charge in [-0.3, -0.25) is 9.69 Å². The number of rotatable bonds is 7. The van der Waals surface area contributed by atoms with Crippen molar-refractivity contribution in [1.29, 1.82) is 0 Å². The highest BCUT2D eigenvalue weighted by molar-refractivity contribution is 7.10. The van der Waals surface area contributed by atoms with Gasteiger partial charge in [-0.1, -0.05) is 6.07 Å². The van der Waals surface area contributed by atoms with Gasteiger partial charge in [0.05, 0.1) is 31.3 Å². The van der Waals surface area contributed by atoms with Gasteiger partial charge in [-0.15, -0.1) is 23.7 Å². The van der Waals surface area contributed by atoms with Crippen LogP contribution < -0.4 is 10.6 Å². The summed E-state index contributed by atoms with van der Waals surface area (Å²) in [6, 6.07) is 4.44. The largest absolute Gasteiger partial charge is 0.384 e. The van der Waals surface area contributed by atoms with Gasteiger partial charge >= 0.3 is 0 Å². The summed E-state index contributed by atoms with van der Waals surface area (Å²) in [6.07, 6.45) is 0.827. The van der Waals surface area contributed by atoms with Gasteiger partial charge in [-0.2, -0.15) is 0 Å². The topological polar surface area (TPSA) is 62.8 Å². The molecule has 0 saturated carbocycles. The first kappa shape index (κ1) is 20.6. The second-order valence-corrected chi connectivity index (χ2v) is 7.51. The second-order valence-electron chi connectivity index (χ2n) is 6.53. The van der Waals surface area contributed by atoms with Crippen molar-refractivity contribution in [2.75, 3.05) is 59.7 Å². The fourth-order valence-electron chi connectivity index (χ4n) is 3.56. The van der Waals surface area contributed by atoms with E-state index in [2.05, 4.69) is 33.0 Å². The maximum atomic E-state index is 12.8. The molecule has 0 radical (unpaired) electrons. The minimum absolute atomic E-state index is 0. The SMILES string of the molecule is COCC1(C(=O)NCC(c2cccs2)N2CCOCC2)CCNC1.Cl. The number of hydrogen-bond acceptors (Lipinski definition) is 6. The van der Waals surface area contributed by atoms with E-state index in [9.17, 15) is 4.79 Å². The van der Waals surface area contributed by atoms with E-state index in [1.165, 1.54) is 4.88 Å². The molecule has 3 heterocycles. The molecule has 6 nitrogen and oxygen atoms in total. The third-order valence-electron chi connectivity index (χ3n) is 4.96. The average molecular weight is 390 g/mol. The number of carbonyl (C=O) groups excluding carboxylic acids is 1. The van der Waals surface area contributed by atoms with Crippen LogP contribution >= 0.6 is 23.7 Å². The molecule has 2 atom stereocenters. The minimum Gasteiger partial charge on any atom is -0.384 e. The predicted octanol–water partition coefficient (Wildman–Crippen LogP) is 1.29. The van der Waals surface area contributed by atoms with Crippen molar-refractivity contribution in [3.8, 4) is 0 Å². The van der Waals surface area contributed by atoms with E-state index < -0.39 is 5.41 Å². The number of hydrogen-bond donors (Lipinski definition) is 2. The Morgan fingerprint density at radius 1 is 1.52 bits per heavy atom. The van der Waals surface area contributed by atoms with Crippen molar-refractivity contribution in [3.63, 3.8) is 0 Å². The van der Waals surface area contributed by atoms with Gasteiger partial charge in [-0.05, 0) is 24.4 Å². The van der Waals surface area contributed by atoms with Gasteiger partial charge in [0, 0.05) is 38.2 Å². The van der Waals surface area contributed by atoms with Crippen molar-refractivity contribution in [1.82, 2.24) is 15.5 Å². The first-order valence-electron chi connectivity index (χ1n) is 8.58. The Kier molecular flexibility index (Phi) is 8.12. The van der Waals surface area contributed by atoms with E-state index in [1.54, 1.807) is 18.4 Å². The number of thiophene rings is 1. The quantitative estimate of drug-likeness (QED) is 0.735. The van der Waals surface area contributed by atoms with Gasteiger partial charge in [0.25, 0.3) is 0 Å². The summed E-state index contributed by atoms with van der Waals surface area (Å²) in [5.41, 5.74) is -0.431. The molecule has 3 rings (SSSR count). The monoisotopic (exact) mass is 389 g/mol. The molecule has 2 aliphatic rings. The predicted molar refractivity (Wildman–Crippen MR) is 102 cm³/mol. The molecule has 8 heteroatoms. The highest BCUT2D eigenvalue weighted by Crippen LogP contribution is 2.28. The summed E-state index contributed by atoms with van der Waals surface area (Å²) in [7, 11) is 1.66. The van der Waals surface area contributed by atoms with Crippen LogP contribution in [0.15, 0.2) is 17.5 Å². The van der Waals surface area contributed by atoms with E-state index in [0.717, 1.165) is 39.3 Å². The van der Waals surface area contributed by atoms with Crippen molar-refractivity contribution in [2.45, 2.75) is 12.5 Å². The Hall–Kier alpha value is -0.700. The Morgan fingerprint density at radius 3 is 2.92 bits per heavy atom. The number of amides is 1. The summed E-state index contributed by atoms with van der Waals surface area (Å²) >= 11 is 1.75. The summed E-state index contributed by atoms with van der Waals surface area (Å²) in [5.74, 6) is 0.101. The minimum atomic E-state index is -0.431. The van der Waals surface area contributed by atoms with Crippen LogP contribution in [0, 0.1) is 5.41 Å². The third kappa shape index (κ3) is 4.93. The molecule has 1 aromatic rings. The molecule has 1 aromatic heterocycles. The van der Waals surface area contributed by atoms with Gasteiger partial charge < -0.3 is 20.1 Å². The molecule has 142 valence electrons. The van der Waals surface area contributed by atoms with Crippen LogP contribution in [0.4, 0.5) is 0 Å². The fraction of sp³-hybridized carbons (Fsp3) is 0.706. The van der Waals surface area contributed by atoms with Crippen LogP contribution in [0.5, 0.6) is 0 Å². The summed E-state index contributed by atoms with van der Waals surface area (Å²) in [5, 5.41) is 8.59. The normalized spacial score (nSPS) is 25.3. The fourth-order valence-corrected chi connectivity index (χ4v) is 4.42. The maximum Gasteiger partial charge on any atom is 0.229 e. The standard InChI is InChI=1S/C17H27N3O3S.ClH/c1-22-13-17(4-5-18-12-17)16(21)19-11-14(15-3-2-10-24-15)20-6-8-23-9-7-20;/h2-3,10,14,18H,4-9,11-13H2,1H3,(H,19,21);1H. The van der Waals surface area contributed by atoms with E-state index in [0.29, 0.717) is 19.7 Å². The van der Waals surface area contributed by atoms with Gasteiger partial charge in [0.15, 0.2) is 0 Å². The van der Waals surface area contributed by atoms with Crippen LogP contribution in [-0.4, -0.2) is 70.5 Å². The van der Waals surface area contributed by atoms with Crippen molar-refractivity contribution >= 4 is 29.7 Å². The number of nitrogens with zero attached hydrogens (tertiary/aromatic N) is 1. The summed E-state index contributed by atoms with van der Waals surface area (Å²) in [4.78, 5) is 16.5. The number of ether oxygens (including phenoxy) is 2. The van der Waals surface area contributed by atoms with Crippen molar-refractivity contribution < 1.29 is 14.3 Å². The third-order valence-corrected chi connectivity index (χ3v) is 5.93. The van der Waals surface area contributed by atoms with E-state index >= 15 is 0 Å². The molecule has 2 unspecified atom stereocenters. The van der Waals surface area contributed by atoms with Crippen LogP contribution in [0.3, 0.4) is 0 Å². The summed E-state index contributed by atoms with van der Waals surface area (Å²) in [6.45, 7) is 5.98. The molecule has 0 aromatic carbocycles. The maximum absolute atomic E-state index is 12.8. The van der Waals surface area contributed by atoms with Crippen LogP contribution in [0.25, 0.3) is 0 Å². The van der Waals surface area contributed by atoms with Gasteiger partial charge in [-0.25, -0.2) is 0 Å². The highest BCUT2D eigenvalue weighted by atomic mass is 35.5. The molecular weight excluding hydrogens is 362 g/mol. The molecule has 1 amide bonds. The number of methoxy groups -OCH3 is 1. The lowest BCUT2D eigenvalue weighted by Crippen LogP contribution is -2.49. The molecule has 2 aliphatic heterocycles. The molecule has 2 saturated heterocycles. The smallest absolute Gasteiger partial charge is 0.229 e. The Balaban J connectivity index is 0.00000225. The van der Waals surface area contributed by atoms with Gasteiger partial charge in [0.1, 0.15) is 0 Å². The zero-order valence-electron chi connectivity index (χ0n) is 14.7. The Labute approximate surface area is 159 Å². The first-order valence-corrected chi connectivity index (χ1v) is 9.46. The Bertz CT molecular complexity index is 517. The molecular formula is C17H28ClN3O3S. The zero-order valence-corrected chi connectivity index (χ0v) is 16.3. The second kappa shape index (κ2) is 9.85. The lowest BCUT2D eigenvalue weighted by Gasteiger charge is -2.35. The molecule has 0 aliphatic carbocycles. The number of morpholine rings is 1. The summed E-state index contributed by atoms with van der Waals surface area (Å²) < 4.78 is 10.8. The molecule has 2 fully saturated rings. The number of carbonyl (C=O) groups is 1. The lowest BCUT2D eigenvalue weighted by molar-refractivity contribution is -0.133. The van der Waals surface area contributed by atoms with E-state index in [4.69, 9.17) is 9.47 Å². The van der Waals surface area contributed by atoms with Crippen LogP contribution in [0.2, 0.25) is 0 Å². The van der Waals surface area contributed by atoms with Crippen LogP contribution in [-0.2, 0) is 14.3 Å².